The van der Waals surface area contributed by atoms with Crippen LogP contribution in [0.15, 0.2) is 48.5 Å². The van der Waals surface area contributed by atoms with Crippen molar-refractivity contribution in [2.45, 2.75) is 46.1 Å². The maximum absolute atomic E-state index is 12.4. The van der Waals surface area contributed by atoms with Crippen LogP contribution in [0.2, 0.25) is 0 Å². The molecule has 4 heteroatoms. The van der Waals surface area contributed by atoms with Gasteiger partial charge in [-0.2, -0.15) is 0 Å². The summed E-state index contributed by atoms with van der Waals surface area (Å²) in [7, 11) is 0. The van der Waals surface area contributed by atoms with Crippen LogP contribution in [0.4, 0.5) is 5.69 Å². The number of nitrogens with one attached hydrogen (secondary N) is 1. The standard InChI is InChI=1S/C21H25NO3/c1-5-14(2)19-8-6-7-9-20(19)25-16(4)21(24)22-18-12-10-17(11-13-18)15(3)23/h6-14,16H,5H2,1-4H3,(H,22,24). The van der Waals surface area contributed by atoms with Crippen LogP contribution >= 0.6 is 0 Å². The number of carbonyl (C=O) groups is 2. The fourth-order valence-electron chi connectivity index (χ4n) is 2.49. The van der Waals surface area contributed by atoms with E-state index in [1.165, 1.54) is 6.92 Å². The Balaban J connectivity index is 2.04. The predicted octanol–water partition coefficient (Wildman–Crippen LogP) is 4.81. The third kappa shape index (κ3) is 4.92. The van der Waals surface area contributed by atoms with Gasteiger partial charge in [0.2, 0.25) is 0 Å². The molecule has 0 saturated heterocycles. The fraction of sp³-hybridized carbons (Fsp3) is 0.333. The molecule has 0 bridgehead atoms. The summed E-state index contributed by atoms with van der Waals surface area (Å²) in [6, 6.07) is 14.6. The number of ketones is 1. The van der Waals surface area contributed by atoms with E-state index in [2.05, 4.69) is 19.2 Å². The number of benzene rings is 2. The first-order valence-electron chi connectivity index (χ1n) is 8.59. The van der Waals surface area contributed by atoms with E-state index in [-0.39, 0.29) is 11.7 Å². The van der Waals surface area contributed by atoms with Crippen molar-refractivity contribution < 1.29 is 14.3 Å². The lowest BCUT2D eigenvalue weighted by atomic mass is 9.98. The van der Waals surface area contributed by atoms with Gasteiger partial charge in [-0.05, 0) is 62.1 Å². The predicted molar refractivity (Wildman–Crippen MR) is 100 cm³/mol. The molecule has 0 aliphatic heterocycles. The van der Waals surface area contributed by atoms with Gasteiger partial charge in [-0.15, -0.1) is 0 Å². The normalized spacial score (nSPS) is 13.0. The zero-order chi connectivity index (χ0) is 18.4. The number of hydrogen-bond donors (Lipinski definition) is 1. The average Bonchev–Trinajstić information content (AvgIpc) is 2.61. The van der Waals surface area contributed by atoms with E-state index in [4.69, 9.17) is 4.74 Å². The molecule has 0 fully saturated rings. The summed E-state index contributed by atoms with van der Waals surface area (Å²) in [6.45, 7) is 7.51. The highest BCUT2D eigenvalue weighted by molar-refractivity contribution is 5.96. The second-order valence-corrected chi connectivity index (χ2v) is 6.23. The number of ether oxygens (including phenoxy) is 1. The fourth-order valence-corrected chi connectivity index (χ4v) is 2.49. The molecule has 2 unspecified atom stereocenters. The molecule has 25 heavy (non-hydrogen) atoms. The van der Waals surface area contributed by atoms with Crippen molar-refractivity contribution in [1.82, 2.24) is 0 Å². The summed E-state index contributed by atoms with van der Waals surface area (Å²) in [5.74, 6) is 0.878. The molecule has 2 aromatic rings. The van der Waals surface area contributed by atoms with Crippen molar-refractivity contribution in [3.63, 3.8) is 0 Å². The van der Waals surface area contributed by atoms with Crippen LogP contribution in [0.5, 0.6) is 5.75 Å². The number of para-hydroxylation sites is 1. The minimum atomic E-state index is -0.627. The van der Waals surface area contributed by atoms with Crippen molar-refractivity contribution in [2.24, 2.45) is 0 Å². The van der Waals surface area contributed by atoms with E-state index in [1.54, 1.807) is 31.2 Å². The zero-order valence-electron chi connectivity index (χ0n) is 15.2. The molecule has 2 aromatic carbocycles. The summed E-state index contributed by atoms with van der Waals surface area (Å²) in [5.41, 5.74) is 2.36. The molecule has 4 nitrogen and oxygen atoms in total. The molecule has 0 aromatic heterocycles. The van der Waals surface area contributed by atoms with E-state index in [0.717, 1.165) is 17.7 Å². The van der Waals surface area contributed by atoms with Gasteiger partial charge >= 0.3 is 0 Å². The molecular weight excluding hydrogens is 314 g/mol. The second kappa shape index (κ2) is 8.47. The van der Waals surface area contributed by atoms with Crippen LogP contribution < -0.4 is 10.1 Å². The molecule has 0 saturated carbocycles. The minimum absolute atomic E-state index is 0.00349. The maximum Gasteiger partial charge on any atom is 0.265 e. The van der Waals surface area contributed by atoms with Gasteiger partial charge in [0.1, 0.15) is 5.75 Å². The Kier molecular flexibility index (Phi) is 6.34. The first-order chi connectivity index (χ1) is 11.9. The average molecular weight is 339 g/mol. The van der Waals surface area contributed by atoms with E-state index in [0.29, 0.717) is 17.2 Å². The van der Waals surface area contributed by atoms with Crippen molar-refractivity contribution in [3.05, 3.63) is 59.7 Å². The Labute approximate surface area is 149 Å². The first-order valence-corrected chi connectivity index (χ1v) is 8.59. The van der Waals surface area contributed by atoms with Crippen LogP contribution in [-0.4, -0.2) is 17.8 Å². The molecule has 1 amide bonds. The van der Waals surface area contributed by atoms with Crippen molar-refractivity contribution >= 4 is 17.4 Å². The minimum Gasteiger partial charge on any atom is -0.481 e. The Morgan fingerprint density at radius 3 is 2.28 bits per heavy atom. The molecule has 132 valence electrons. The van der Waals surface area contributed by atoms with E-state index >= 15 is 0 Å². The van der Waals surface area contributed by atoms with Crippen LogP contribution in [-0.2, 0) is 4.79 Å². The molecule has 2 atom stereocenters. The lowest BCUT2D eigenvalue weighted by Gasteiger charge is -2.19. The Hall–Kier alpha value is -2.62. The van der Waals surface area contributed by atoms with E-state index in [1.807, 2.05) is 24.3 Å². The molecule has 0 aliphatic rings. The molecule has 0 spiro atoms. The molecule has 0 aliphatic carbocycles. The van der Waals surface area contributed by atoms with Crippen LogP contribution in [0.25, 0.3) is 0 Å². The topological polar surface area (TPSA) is 55.4 Å². The molecule has 0 heterocycles. The summed E-state index contributed by atoms with van der Waals surface area (Å²) in [4.78, 5) is 23.7. The summed E-state index contributed by atoms with van der Waals surface area (Å²) < 4.78 is 5.90. The monoisotopic (exact) mass is 339 g/mol. The third-order valence-electron chi connectivity index (χ3n) is 4.29. The van der Waals surface area contributed by atoms with Crippen LogP contribution in [0, 0.1) is 0 Å². The first kappa shape index (κ1) is 18.7. The smallest absolute Gasteiger partial charge is 0.265 e. The van der Waals surface area contributed by atoms with Crippen molar-refractivity contribution in [3.8, 4) is 5.75 Å². The maximum atomic E-state index is 12.4. The van der Waals surface area contributed by atoms with Crippen LogP contribution in [0.3, 0.4) is 0 Å². The highest BCUT2D eigenvalue weighted by atomic mass is 16.5. The lowest BCUT2D eigenvalue weighted by Crippen LogP contribution is -2.30. The van der Waals surface area contributed by atoms with E-state index < -0.39 is 6.10 Å². The van der Waals surface area contributed by atoms with Gasteiger partial charge < -0.3 is 10.1 Å². The van der Waals surface area contributed by atoms with Crippen molar-refractivity contribution in [1.29, 1.82) is 0 Å². The number of hydrogen-bond acceptors (Lipinski definition) is 3. The zero-order valence-corrected chi connectivity index (χ0v) is 15.2. The molecule has 2 rings (SSSR count). The highest BCUT2D eigenvalue weighted by Gasteiger charge is 2.18. The third-order valence-corrected chi connectivity index (χ3v) is 4.29. The quantitative estimate of drug-likeness (QED) is 0.737. The van der Waals surface area contributed by atoms with Crippen molar-refractivity contribution in [2.75, 3.05) is 5.32 Å². The van der Waals surface area contributed by atoms with Gasteiger partial charge in [0.25, 0.3) is 5.91 Å². The van der Waals surface area contributed by atoms with Gasteiger partial charge in [0.15, 0.2) is 11.9 Å². The largest absolute Gasteiger partial charge is 0.481 e. The number of Topliss-reactive ketones (excluding diaryl/α,β-unsaturated/α-hetero) is 1. The summed E-state index contributed by atoms with van der Waals surface area (Å²) in [6.07, 6.45) is 0.376. The Morgan fingerprint density at radius 2 is 1.68 bits per heavy atom. The molecule has 1 N–H and O–H groups in total. The number of anilines is 1. The highest BCUT2D eigenvalue weighted by Crippen LogP contribution is 2.29. The molecule has 0 radical (unpaired) electrons. The van der Waals surface area contributed by atoms with Gasteiger partial charge in [-0.25, -0.2) is 0 Å². The molecular formula is C21H25NO3. The van der Waals surface area contributed by atoms with Gasteiger partial charge in [-0.3, -0.25) is 9.59 Å². The number of carbonyl (C=O) groups excluding carboxylic acids is 2. The lowest BCUT2D eigenvalue weighted by molar-refractivity contribution is -0.122. The SMILES string of the molecule is CCC(C)c1ccccc1OC(C)C(=O)Nc1ccc(C(C)=O)cc1. The van der Waals surface area contributed by atoms with Crippen LogP contribution in [0.1, 0.15) is 56.0 Å². The Bertz CT molecular complexity index is 737. The van der Waals surface area contributed by atoms with Gasteiger partial charge in [0, 0.05) is 11.3 Å². The van der Waals surface area contributed by atoms with Gasteiger partial charge in [0.05, 0.1) is 0 Å². The summed E-state index contributed by atoms with van der Waals surface area (Å²) in [5, 5.41) is 2.82. The van der Waals surface area contributed by atoms with E-state index in [9.17, 15) is 9.59 Å². The second-order valence-electron chi connectivity index (χ2n) is 6.23. The number of rotatable bonds is 7. The number of amides is 1. The summed E-state index contributed by atoms with van der Waals surface area (Å²) >= 11 is 0. The van der Waals surface area contributed by atoms with Gasteiger partial charge in [-0.1, -0.05) is 32.0 Å². The Morgan fingerprint density at radius 1 is 1.04 bits per heavy atom.